The van der Waals surface area contributed by atoms with Crippen molar-refractivity contribution in [3.05, 3.63) is 95.9 Å². The number of piperazine rings is 1. The zero-order chi connectivity index (χ0) is 23.5. The van der Waals surface area contributed by atoms with E-state index in [1.165, 1.54) is 12.1 Å². The summed E-state index contributed by atoms with van der Waals surface area (Å²) in [6.45, 7) is 3.01. The fourth-order valence-electron chi connectivity index (χ4n) is 4.56. The molecule has 1 saturated heterocycles. The first-order chi connectivity index (χ1) is 16.6. The van der Waals surface area contributed by atoms with Gasteiger partial charge in [0.25, 0.3) is 0 Å². The summed E-state index contributed by atoms with van der Waals surface area (Å²) in [5.41, 5.74) is 3.62. The fraction of sp³-hybridized carbons (Fsp3) is 0.222. The van der Waals surface area contributed by atoms with E-state index in [1.807, 2.05) is 53.4 Å². The molecular weight excluding hydrogens is 433 g/mol. The summed E-state index contributed by atoms with van der Waals surface area (Å²) < 4.78 is 19.2. The number of aromatic nitrogens is 1. The van der Waals surface area contributed by atoms with Gasteiger partial charge in [-0.1, -0.05) is 30.3 Å². The molecule has 34 heavy (non-hydrogen) atoms. The van der Waals surface area contributed by atoms with E-state index < -0.39 is 12.0 Å². The second-order valence-corrected chi connectivity index (χ2v) is 8.47. The van der Waals surface area contributed by atoms with Gasteiger partial charge < -0.3 is 19.7 Å². The van der Waals surface area contributed by atoms with E-state index in [9.17, 15) is 14.3 Å². The summed E-state index contributed by atoms with van der Waals surface area (Å²) >= 11 is 0. The summed E-state index contributed by atoms with van der Waals surface area (Å²) in [6.07, 6.45) is 1.79. The Labute approximate surface area is 197 Å². The molecule has 0 spiro atoms. The lowest BCUT2D eigenvalue weighted by Gasteiger charge is -2.38. The number of nitrogens with one attached hydrogen (secondary N) is 1. The van der Waals surface area contributed by atoms with Crippen LogP contribution >= 0.6 is 0 Å². The van der Waals surface area contributed by atoms with Crippen molar-refractivity contribution < 1.29 is 19.0 Å². The topological polar surface area (TPSA) is 68.8 Å². The van der Waals surface area contributed by atoms with E-state index >= 15 is 0 Å². The zero-order valence-electron chi connectivity index (χ0n) is 18.7. The minimum absolute atomic E-state index is 0.263. The number of aromatic amines is 1. The van der Waals surface area contributed by atoms with Crippen molar-refractivity contribution >= 4 is 22.6 Å². The molecule has 1 aromatic heterocycles. The van der Waals surface area contributed by atoms with Gasteiger partial charge in [-0.25, -0.2) is 4.39 Å². The molecule has 3 aromatic carbocycles. The van der Waals surface area contributed by atoms with E-state index in [1.54, 1.807) is 18.3 Å². The van der Waals surface area contributed by atoms with E-state index in [4.69, 9.17) is 4.74 Å². The molecule has 1 atom stereocenters. The van der Waals surface area contributed by atoms with Crippen LogP contribution in [0.15, 0.2) is 79.0 Å². The highest BCUT2D eigenvalue weighted by atomic mass is 19.1. The second-order valence-electron chi connectivity index (χ2n) is 8.47. The number of carboxylic acid groups (broad SMARTS) is 1. The lowest BCUT2D eigenvalue weighted by atomic mass is 10.0. The predicted molar refractivity (Wildman–Crippen MR) is 130 cm³/mol. The van der Waals surface area contributed by atoms with Gasteiger partial charge in [0, 0.05) is 60.6 Å². The fourth-order valence-corrected chi connectivity index (χ4v) is 4.56. The number of H-pyrrole nitrogens is 1. The highest BCUT2D eigenvalue weighted by Crippen LogP contribution is 2.32. The molecule has 1 unspecified atom stereocenters. The number of hydrogen-bond donors (Lipinski definition) is 2. The second kappa shape index (κ2) is 9.57. The van der Waals surface area contributed by atoms with Crippen LogP contribution in [0.2, 0.25) is 0 Å². The maximum atomic E-state index is 13.2. The van der Waals surface area contributed by atoms with E-state index in [2.05, 4.69) is 9.88 Å². The minimum Gasteiger partial charge on any atom is -0.489 e. The summed E-state index contributed by atoms with van der Waals surface area (Å²) in [6, 6.07) is 21.3. The largest absolute Gasteiger partial charge is 0.489 e. The first-order valence-electron chi connectivity index (χ1n) is 11.3. The molecular formula is C27H26FN3O3. The standard InChI is InChI=1S/C27H26FN3O3/c28-20-6-8-21(9-7-20)30-12-14-31(15-13-30)26(27(32)33)24-17-29-25-16-22(10-11-23(24)25)34-18-19-4-2-1-3-5-19/h1-11,16-17,26,29H,12-15,18H2,(H,32,33). The van der Waals surface area contributed by atoms with Crippen LogP contribution in [0.3, 0.4) is 0 Å². The number of halogens is 1. The average Bonchev–Trinajstić information content (AvgIpc) is 3.27. The van der Waals surface area contributed by atoms with Crippen molar-refractivity contribution in [2.24, 2.45) is 0 Å². The third-order valence-corrected chi connectivity index (χ3v) is 6.33. The van der Waals surface area contributed by atoms with Crippen molar-refractivity contribution in [3.63, 3.8) is 0 Å². The summed E-state index contributed by atoms with van der Waals surface area (Å²) in [7, 11) is 0. The lowest BCUT2D eigenvalue weighted by molar-refractivity contribution is -0.143. The SMILES string of the molecule is O=C(O)C(c1c[nH]c2cc(OCc3ccccc3)ccc12)N1CCN(c2ccc(F)cc2)CC1. The minimum atomic E-state index is -0.875. The Hall–Kier alpha value is -3.84. The number of carboxylic acids is 1. The average molecular weight is 460 g/mol. The molecule has 0 saturated carbocycles. The van der Waals surface area contributed by atoms with Crippen molar-refractivity contribution in [3.8, 4) is 5.75 Å². The Balaban J connectivity index is 1.30. The molecule has 2 heterocycles. The molecule has 2 N–H and O–H groups in total. The van der Waals surface area contributed by atoms with Gasteiger partial charge >= 0.3 is 5.97 Å². The number of benzene rings is 3. The number of nitrogens with zero attached hydrogens (tertiary/aromatic N) is 2. The molecule has 6 nitrogen and oxygen atoms in total. The maximum Gasteiger partial charge on any atom is 0.325 e. The molecule has 1 aliphatic rings. The van der Waals surface area contributed by atoms with Gasteiger partial charge in [0.05, 0.1) is 0 Å². The third-order valence-electron chi connectivity index (χ3n) is 6.33. The molecule has 4 aromatic rings. The molecule has 0 radical (unpaired) electrons. The summed E-state index contributed by atoms with van der Waals surface area (Å²) in [5.74, 6) is -0.411. The number of aliphatic carboxylic acids is 1. The van der Waals surface area contributed by atoms with E-state index in [0.29, 0.717) is 32.8 Å². The number of rotatable bonds is 7. The number of carbonyl (C=O) groups is 1. The van der Waals surface area contributed by atoms with Gasteiger partial charge in [-0.2, -0.15) is 0 Å². The Kier molecular flexibility index (Phi) is 6.18. The summed E-state index contributed by atoms with van der Waals surface area (Å²) in [4.78, 5) is 19.7. The maximum absolute atomic E-state index is 13.2. The molecule has 0 amide bonds. The van der Waals surface area contributed by atoms with Gasteiger partial charge in [0.2, 0.25) is 0 Å². The monoisotopic (exact) mass is 459 g/mol. The van der Waals surface area contributed by atoms with Crippen LogP contribution in [0, 0.1) is 5.82 Å². The van der Waals surface area contributed by atoms with Crippen LogP contribution in [-0.4, -0.2) is 47.1 Å². The van der Waals surface area contributed by atoms with Crippen molar-refractivity contribution in [1.29, 1.82) is 0 Å². The van der Waals surface area contributed by atoms with Gasteiger partial charge in [-0.3, -0.25) is 9.69 Å². The highest BCUT2D eigenvalue weighted by molar-refractivity contribution is 5.90. The van der Waals surface area contributed by atoms with Crippen LogP contribution in [0.25, 0.3) is 10.9 Å². The first-order valence-corrected chi connectivity index (χ1v) is 11.3. The van der Waals surface area contributed by atoms with E-state index in [-0.39, 0.29) is 5.82 Å². The Bertz CT molecular complexity index is 1270. The van der Waals surface area contributed by atoms with Crippen LogP contribution < -0.4 is 9.64 Å². The van der Waals surface area contributed by atoms with Gasteiger partial charge in [0.1, 0.15) is 24.2 Å². The van der Waals surface area contributed by atoms with Gasteiger partial charge in [-0.15, -0.1) is 0 Å². The lowest BCUT2D eigenvalue weighted by Crippen LogP contribution is -2.49. The smallest absolute Gasteiger partial charge is 0.325 e. The number of hydrogen-bond acceptors (Lipinski definition) is 4. The Morgan fingerprint density at radius 2 is 1.74 bits per heavy atom. The highest BCUT2D eigenvalue weighted by Gasteiger charge is 2.32. The predicted octanol–water partition coefficient (Wildman–Crippen LogP) is 4.83. The van der Waals surface area contributed by atoms with Crippen LogP contribution in [0.5, 0.6) is 5.75 Å². The van der Waals surface area contributed by atoms with Crippen molar-refractivity contribution in [2.75, 3.05) is 31.1 Å². The molecule has 1 fully saturated rings. The van der Waals surface area contributed by atoms with Crippen LogP contribution in [0.1, 0.15) is 17.2 Å². The van der Waals surface area contributed by atoms with Crippen LogP contribution in [-0.2, 0) is 11.4 Å². The molecule has 0 aliphatic carbocycles. The van der Waals surface area contributed by atoms with Crippen LogP contribution in [0.4, 0.5) is 10.1 Å². The molecule has 5 rings (SSSR count). The molecule has 7 heteroatoms. The van der Waals surface area contributed by atoms with Crippen molar-refractivity contribution in [1.82, 2.24) is 9.88 Å². The quantitative estimate of drug-likeness (QED) is 0.414. The number of anilines is 1. The molecule has 1 aliphatic heterocycles. The van der Waals surface area contributed by atoms with E-state index in [0.717, 1.165) is 33.5 Å². The summed E-state index contributed by atoms with van der Waals surface area (Å²) in [5, 5.41) is 11.0. The van der Waals surface area contributed by atoms with Crippen molar-refractivity contribution in [2.45, 2.75) is 12.6 Å². The van der Waals surface area contributed by atoms with Gasteiger partial charge in [-0.05, 0) is 42.0 Å². The number of ether oxygens (including phenoxy) is 1. The molecule has 174 valence electrons. The Morgan fingerprint density at radius 3 is 2.44 bits per heavy atom. The third kappa shape index (κ3) is 4.61. The normalized spacial score (nSPS) is 15.4. The Morgan fingerprint density at radius 1 is 1.00 bits per heavy atom. The zero-order valence-corrected chi connectivity index (χ0v) is 18.7. The molecule has 0 bridgehead atoms. The number of fused-ring (bicyclic) bond motifs is 1. The van der Waals surface area contributed by atoms with Gasteiger partial charge in [0.15, 0.2) is 0 Å². The first kappa shape index (κ1) is 22.0.